The first-order valence-electron chi connectivity index (χ1n) is 22.5. The van der Waals surface area contributed by atoms with Crippen molar-refractivity contribution in [1.29, 1.82) is 0 Å². The van der Waals surface area contributed by atoms with Crippen LogP contribution in [0, 0.1) is 0 Å². The monoisotopic (exact) mass is 828 g/mol. The highest BCUT2D eigenvalue weighted by molar-refractivity contribution is 5.99. The van der Waals surface area contributed by atoms with Crippen molar-refractivity contribution in [3.63, 3.8) is 0 Å². The first kappa shape index (κ1) is 42.0. The Morgan fingerprint density at radius 1 is 0.476 bits per heavy atom. The largest absolute Gasteiger partial charge is 0.457 e. The van der Waals surface area contributed by atoms with Gasteiger partial charge in [0, 0.05) is 52.4 Å². The van der Waals surface area contributed by atoms with Crippen LogP contribution in [0.3, 0.4) is 0 Å². The van der Waals surface area contributed by atoms with Crippen LogP contribution in [0.5, 0.6) is 11.5 Å². The molecular weight excluding hydrogens is 769 g/mol. The average molecular weight is 829 g/mol. The highest BCUT2D eigenvalue weighted by Gasteiger charge is 2.25. The van der Waals surface area contributed by atoms with E-state index in [0.717, 1.165) is 54.4 Å². The molecule has 1 aromatic heterocycles. The van der Waals surface area contributed by atoms with Gasteiger partial charge in [0.1, 0.15) is 11.5 Å². The van der Waals surface area contributed by atoms with Gasteiger partial charge in [0.15, 0.2) is 0 Å². The maximum atomic E-state index is 6.78. The van der Waals surface area contributed by atoms with Crippen molar-refractivity contribution >= 4 is 16.6 Å². The Morgan fingerprint density at radius 2 is 1.06 bits per heavy atom. The Labute approximate surface area is 374 Å². The summed E-state index contributed by atoms with van der Waals surface area (Å²) >= 11 is 0. The molecule has 9 rings (SSSR count). The molecule has 1 saturated heterocycles. The summed E-state index contributed by atoms with van der Waals surface area (Å²) in [6.45, 7) is 21.7. The molecule has 1 N–H and O–H groups in total. The van der Waals surface area contributed by atoms with Gasteiger partial charge in [-0.05, 0) is 115 Å². The molecule has 7 aromatic carbocycles. The van der Waals surface area contributed by atoms with Crippen molar-refractivity contribution in [3.8, 4) is 56.0 Å². The Hall–Kier alpha value is -6.36. The number of benzene rings is 7. The lowest BCUT2D eigenvalue weighted by Gasteiger charge is -2.29. The summed E-state index contributed by atoms with van der Waals surface area (Å²) in [6.07, 6.45) is 2.16. The topological polar surface area (TPSA) is 37.5 Å². The fourth-order valence-electron chi connectivity index (χ4n) is 8.88. The van der Waals surface area contributed by atoms with Gasteiger partial charge in [-0.3, -0.25) is 0 Å². The van der Waals surface area contributed by atoms with E-state index in [2.05, 4.69) is 229 Å². The van der Waals surface area contributed by atoms with Gasteiger partial charge in [0.25, 0.3) is 0 Å². The summed E-state index contributed by atoms with van der Waals surface area (Å²) in [7, 11) is 0. The number of aromatic nitrogens is 1. The lowest BCUT2D eigenvalue weighted by molar-refractivity contribution is 0.122. The summed E-state index contributed by atoms with van der Waals surface area (Å²) in [6, 6.07) is 57.8. The van der Waals surface area contributed by atoms with Crippen LogP contribution in [0.15, 0.2) is 164 Å². The average Bonchev–Trinajstić information content (AvgIpc) is 3.73. The standard InChI is InChI=1S/C59H60N2O2/c1-57(2,3)47-15-11-14-42(34-47)43-21-28-55-53(38-43)54(39-60-55)45-33-44(36-49(37-45)58(4,5)6)52-17-9-10-18-56(52)63-51-26-22-46(23-27-51)59(7,8)48-16-12-13-41(35-48)40-19-24-50(25-20-40)61-29-31-62-32-30-61/h9-28,33-39,60H,29-32H2,1-8H3. The van der Waals surface area contributed by atoms with Gasteiger partial charge in [0.05, 0.1) is 13.2 Å². The van der Waals surface area contributed by atoms with Gasteiger partial charge in [0.2, 0.25) is 0 Å². The molecule has 1 aliphatic heterocycles. The fraction of sp³-hybridized carbons (Fsp3) is 0.254. The van der Waals surface area contributed by atoms with E-state index < -0.39 is 0 Å². The molecule has 0 atom stereocenters. The first-order chi connectivity index (χ1) is 30.2. The Kier molecular flexibility index (Phi) is 11.1. The van der Waals surface area contributed by atoms with E-state index in [4.69, 9.17) is 9.47 Å². The molecule has 4 heteroatoms. The van der Waals surface area contributed by atoms with Gasteiger partial charge in [-0.15, -0.1) is 0 Å². The van der Waals surface area contributed by atoms with Crippen molar-refractivity contribution in [1.82, 2.24) is 4.98 Å². The lowest BCUT2D eigenvalue weighted by atomic mass is 9.77. The number of rotatable bonds is 9. The third-order valence-electron chi connectivity index (χ3n) is 13.0. The molecule has 1 aliphatic rings. The van der Waals surface area contributed by atoms with Gasteiger partial charge in [-0.2, -0.15) is 0 Å². The summed E-state index contributed by atoms with van der Waals surface area (Å²) in [5.74, 6) is 1.64. The second kappa shape index (κ2) is 16.7. The zero-order valence-electron chi connectivity index (χ0n) is 38.2. The van der Waals surface area contributed by atoms with Crippen LogP contribution in [-0.4, -0.2) is 31.3 Å². The molecule has 0 spiro atoms. The second-order valence-electron chi connectivity index (χ2n) is 19.8. The number of ether oxygens (including phenoxy) is 2. The minimum absolute atomic E-state index is 0.0684. The molecule has 63 heavy (non-hydrogen) atoms. The Balaban J connectivity index is 0.992. The van der Waals surface area contributed by atoms with Crippen molar-refractivity contribution in [2.75, 3.05) is 31.2 Å². The fourth-order valence-corrected chi connectivity index (χ4v) is 8.88. The van der Waals surface area contributed by atoms with Crippen LogP contribution >= 0.6 is 0 Å². The summed E-state index contributed by atoms with van der Waals surface area (Å²) < 4.78 is 12.3. The summed E-state index contributed by atoms with van der Waals surface area (Å²) in [5.41, 5.74) is 16.7. The minimum Gasteiger partial charge on any atom is -0.457 e. The van der Waals surface area contributed by atoms with Crippen LogP contribution in [0.2, 0.25) is 0 Å². The van der Waals surface area contributed by atoms with Crippen LogP contribution in [-0.2, 0) is 21.0 Å². The van der Waals surface area contributed by atoms with Gasteiger partial charge in [-0.25, -0.2) is 0 Å². The van der Waals surface area contributed by atoms with Crippen LogP contribution in [0.25, 0.3) is 55.4 Å². The van der Waals surface area contributed by atoms with E-state index in [1.807, 2.05) is 0 Å². The number of H-pyrrole nitrogens is 1. The molecule has 0 bridgehead atoms. The van der Waals surface area contributed by atoms with Crippen LogP contribution in [0.4, 0.5) is 5.69 Å². The zero-order chi connectivity index (χ0) is 43.9. The number of fused-ring (bicyclic) bond motifs is 1. The number of aromatic amines is 1. The van der Waals surface area contributed by atoms with Crippen molar-refractivity contribution in [2.24, 2.45) is 0 Å². The summed E-state index contributed by atoms with van der Waals surface area (Å²) in [4.78, 5) is 5.98. The number of hydrogen-bond acceptors (Lipinski definition) is 3. The minimum atomic E-state index is -0.219. The van der Waals surface area contributed by atoms with Crippen LogP contribution in [0.1, 0.15) is 77.6 Å². The Morgan fingerprint density at radius 3 is 1.76 bits per heavy atom. The molecule has 4 nitrogen and oxygen atoms in total. The quantitative estimate of drug-likeness (QED) is 0.157. The summed E-state index contributed by atoms with van der Waals surface area (Å²) in [5, 5.41) is 1.21. The molecule has 2 heterocycles. The maximum Gasteiger partial charge on any atom is 0.135 e. The third kappa shape index (κ3) is 8.83. The molecule has 0 aliphatic carbocycles. The highest BCUT2D eigenvalue weighted by atomic mass is 16.5. The molecule has 0 radical (unpaired) electrons. The maximum absolute atomic E-state index is 6.78. The van der Waals surface area contributed by atoms with Crippen molar-refractivity contribution in [2.45, 2.75) is 71.6 Å². The Bertz CT molecular complexity index is 2880. The number of nitrogens with one attached hydrogen (secondary N) is 1. The van der Waals surface area contributed by atoms with E-state index >= 15 is 0 Å². The van der Waals surface area contributed by atoms with Gasteiger partial charge in [-0.1, -0.05) is 165 Å². The van der Waals surface area contributed by atoms with E-state index in [9.17, 15) is 0 Å². The normalized spacial score (nSPS) is 13.7. The number of anilines is 1. The van der Waals surface area contributed by atoms with Gasteiger partial charge < -0.3 is 19.4 Å². The predicted molar refractivity (Wildman–Crippen MR) is 266 cm³/mol. The molecule has 0 amide bonds. The molecular formula is C59H60N2O2. The van der Waals surface area contributed by atoms with E-state index in [1.165, 1.54) is 66.7 Å². The molecule has 8 aromatic rings. The van der Waals surface area contributed by atoms with Gasteiger partial charge >= 0.3 is 0 Å². The third-order valence-corrected chi connectivity index (χ3v) is 13.0. The van der Waals surface area contributed by atoms with E-state index in [1.54, 1.807) is 0 Å². The second-order valence-corrected chi connectivity index (χ2v) is 19.8. The number of hydrogen-bond donors (Lipinski definition) is 1. The number of morpholine rings is 1. The molecule has 0 saturated carbocycles. The number of para-hydroxylation sites is 1. The predicted octanol–water partition coefficient (Wildman–Crippen LogP) is 15.4. The lowest BCUT2D eigenvalue weighted by Crippen LogP contribution is -2.36. The molecule has 318 valence electrons. The molecule has 0 unspecified atom stereocenters. The number of nitrogens with zero attached hydrogens (tertiary/aromatic N) is 1. The van der Waals surface area contributed by atoms with Crippen molar-refractivity contribution < 1.29 is 9.47 Å². The van der Waals surface area contributed by atoms with E-state index in [-0.39, 0.29) is 16.2 Å². The first-order valence-corrected chi connectivity index (χ1v) is 22.5. The van der Waals surface area contributed by atoms with Crippen molar-refractivity contribution in [3.05, 3.63) is 186 Å². The van der Waals surface area contributed by atoms with E-state index in [0.29, 0.717) is 0 Å². The smallest absolute Gasteiger partial charge is 0.135 e. The SMILES string of the molecule is CC(C)(C)c1cccc(-c2ccc3[nH]cc(-c4cc(-c5ccccc5Oc5ccc(C(C)(C)c6cccc(-c7ccc(N8CCOCC8)cc7)c6)cc5)cc(C(C)(C)C)c4)c3c2)c1. The molecule has 1 fully saturated rings. The zero-order valence-corrected chi connectivity index (χ0v) is 38.2. The highest BCUT2D eigenvalue weighted by Crippen LogP contribution is 2.42. The van der Waals surface area contributed by atoms with Crippen LogP contribution < -0.4 is 9.64 Å².